The van der Waals surface area contributed by atoms with Crippen LogP contribution in [0.25, 0.3) is 0 Å². The van der Waals surface area contributed by atoms with Gasteiger partial charge in [0, 0.05) is 11.3 Å². The second kappa shape index (κ2) is 6.52. The number of benzene rings is 1. The summed E-state index contributed by atoms with van der Waals surface area (Å²) in [6.07, 6.45) is 1.79. The number of nitrogens with one attached hydrogen (secondary N) is 1. The fourth-order valence-electron chi connectivity index (χ4n) is 2.54. The largest absolute Gasteiger partial charge is 0.265 e. The van der Waals surface area contributed by atoms with Crippen LogP contribution < -0.4 is 0 Å². The van der Waals surface area contributed by atoms with Gasteiger partial charge in [-0.05, 0) is 45.5 Å². The van der Waals surface area contributed by atoms with Crippen LogP contribution in [0.1, 0.15) is 33.9 Å². The molecule has 0 radical (unpaired) electrons. The standard InChI is InChI=1S/C17H20N6S/c1-11-5-7-15(8-6-11)10-22-13(3)16(12(2)21-22)9-18-23-14(4)19-20-17(23)24/h5-9H,10H2,1-4H3,(H,20,24)/b18-9-. The normalized spacial score (nSPS) is 11.5. The van der Waals surface area contributed by atoms with Crippen LogP contribution in [-0.2, 0) is 6.54 Å². The molecule has 0 bridgehead atoms. The molecule has 1 N–H and O–H groups in total. The molecule has 24 heavy (non-hydrogen) atoms. The van der Waals surface area contributed by atoms with Gasteiger partial charge in [-0.25, -0.2) is 0 Å². The second-order valence-corrected chi connectivity index (χ2v) is 6.25. The van der Waals surface area contributed by atoms with Crippen LogP contribution >= 0.6 is 12.2 Å². The van der Waals surface area contributed by atoms with E-state index in [-0.39, 0.29) is 0 Å². The number of aromatic nitrogens is 5. The minimum atomic E-state index is 0.478. The van der Waals surface area contributed by atoms with Crippen molar-refractivity contribution in [3.63, 3.8) is 0 Å². The lowest BCUT2D eigenvalue weighted by molar-refractivity contribution is 0.659. The van der Waals surface area contributed by atoms with Crippen LogP contribution in [0.15, 0.2) is 29.4 Å². The minimum Gasteiger partial charge on any atom is -0.265 e. The van der Waals surface area contributed by atoms with E-state index in [0.29, 0.717) is 4.77 Å². The Morgan fingerprint density at radius 1 is 1.17 bits per heavy atom. The summed E-state index contributed by atoms with van der Waals surface area (Å²) in [4.78, 5) is 0. The minimum absolute atomic E-state index is 0.478. The summed E-state index contributed by atoms with van der Waals surface area (Å²) >= 11 is 5.17. The van der Waals surface area contributed by atoms with Gasteiger partial charge in [0.2, 0.25) is 4.77 Å². The molecule has 124 valence electrons. The molecule has 0 aliphatic carbocycles. The molecule has 0 aliphatic heterocycles. The lowest BCUT2D eigenvalue weighted by Gasteiger charge is -2.05. The zero-order valence-electron chi connectivity index (χ0n) is 14.2. The van der Waals surface area contributed by atoms with Crippen LogP contribution in [0.5, 0.6) is 0 Å². The van der Waals surface area contributed by atoms with Gasteiger partial charge < -0.3 is 0 Å². The van der Waals surface area contributed by atoms with Crippen molar-refractivity contribution in [1.82, 2.24) is 24.7 Å². The summed E-state index contributed by atoms with van der Waals surface area (Å²) in [5.41, 5.74) is 5.50. The number of hydrogen-bond acceptors (Lipinski definition) is 4. The highest BCUT2D eigenvalue weighted by molar-refractivity contribution is 7.71. The zero-order chi connectivity index (χ0) is 17.3. The van der Waals surface area contributed by atoms with Crippen molar-refractivity contribution < 1.29 is 0 Å². The first-order valence-electron chi connectivity index (χ1n) is 7.73. The molecule has 0 atom stereocenters. The maximum atomic E-state index is 5.17. The molecule has 0 unspecified atom stereocenters. The van der Waals surface area contributed by atoms with Crippen molar-refractivity contribution in [2.45, 2.75) is 34.2 Å². The number of rotatable bonds is 4. The molecule has 0 fully saturated rings. The van der Waals surface area contributed by atoms with Crippen molar-refractivity contribution in [3.8, 4) is 0 Å². The van der Waals surface area contributed by atoms with Crippen molar-refractivity contribution in [2.24, 2.45) is 5.10 Å². The van der Waals surface area contributed by atoms with E-state index < -0.39 is 0 Å². The Morgan fingerprint density at radius 3 is 2.50 bits per heavy atom. The Labute approximate surface area is 145 Å². The molecule has 1 aromatic carbocycles. The van der Waals surface area contributed by atoms with E-state index in [1.807, 2.05) is 18.5 Å². The van der Waals surface area contributed by atoms with Crippen molar-refractivity contribution in [3.05, 3.63) is 62.9 Å². The topological polar surface area (TPSA) is 63.8 Å². The van der Waals surface area contributed by atoms with Gasteiger partial charge in [0.15, 0.2) is 0 Å². The fourth-order valence-corrected chi connectivity index (χ4v) is 2.76. The highest BCUT2D eigenvalue weighted by Gasteiger charge is 2.10. The maximum Gasteiger partial charge on any atom is 0.216 e. The van der Waals surface area contributed by atoms with E-state index >= 15 is 0 Å². The third kappa shape index (κ3) is 3.21. The number of H-pyrrole nitrogens is 1. The number of aromatic amines is 1. The highest BCUT2D eigenvalue weighted by Crippen LogP contribution is 2.14. The number of aryl methyl sites for hydroxylation is 3. The van der Waals surface area contributed by atoms with Gasteiger partial charge in [-0.15, -0.1) is 0 Å². The van der Waals surface area contributed by atoms with Gasteiger partial charge in [0.05, 0.1) is 18.5 Å². The Morgan fingerprint density at radius 2 is 1.88 bits per heavy atom. The third-order valence-electron chi connectivity index (χ3n) is 4.00. The van der Waals surface area contributed by atoms with Crippen LogP contribution in [-0.4, -0.2) is 30.9 Å². The van der Waals surface area contributed by atoms with Crippen LogP contribution in [0.4, 0.5) is 0 Å². The first-order valence-corrected chi connectivity index (χ1v) is 8.14. The molecule has 3 aromatic rings. The third-order valence-corrected chi connectivity index (χ3v) is 4.27. The first-order chi connectivity index (χ1) is 11.5. The summed E-state index contributed by atoms with van der Waals surface area (Å²) in [6, 6.07) is 8.50. The zero-order valence-corrected chi connectivity index (χ0v) is 15.1. The predicted octanol–water partition coefficient (Wildman–Crippen LogP) is 3.30. The molecule has 0 spiro atoms. The van der Waals surface area contributed by atoms with Crippen LogP contribution in [0.3, 0.4) is 0 Å². The van der Waals surface area contributed by atoms with Gasteiger partial charge in [-0.1, -0.05) is 29.8 Å². The van der Waals surface area contributed by atoms with E-state index in [9.17, 15) is 0 Å². The van der Waals surface area contributed by atoms with Crippen molar-refractivity contribution in [1.29, 1.82) is 0 Å². The summed E-state index contributed by atoms with van der Waals surface area (Å²) < 4.78 is 4.08. The predicted molar refractivity (Wildman–Crippen MR) is 97.1 cm³/mol. The van der Waals surface area contributed by atoms with Gasteiger partial charge in [-0.2, -0.15) is 20.0 Å². The molecule has 0 amide bonds. The Kier molecular flexibility index (Phi) is 4.44. The SMILES string of the molecule is Cc1ccc(Cn2nc(C)c(/C=N\n3c(C)n[nH]c3=S)c2C)cc1. The lowest BCUT2D eigenvalue weighted by atomic mass is 10.1. The maximum absolute atomic E-state index is 5.17. The van der Waals surface area contributed by atoms with E-state index in [1.54, 1.807) is 10.9 Å². The average molecular weight is 340 g/mol. The molecule has 0 saturated carbocycles. The average Bonchev–Trinajstić information content (AvgIpc) is 3.00. The molecule has 0 aliphatic rings. The van der Waals surface area contributed by atoms with E-state index in [0.717, 1.165) is 29.3 Å². The molecule has 2 aromatic heterocycles. The highest BCUT2D eigenvalue weighted by atomic mass is 32.1. The number of nitrogens with zero attached hydrogens (tertiary/aromatic N) is 5. The fraction of sp³-hybridized carbons (Fsp3) is 0.294. The van der Waals surface area contributed by atoms with Gasteiger partial charge in [-0.3, -0.25) is 9.78 Å². The van der Waals surface area contributed by atoms with Gasteiger partial charge in [0.25, 0.3) is 0 Å². The molecule has 6 nitrogen and oxygen atoms in total. The summed E-state index contributed by atoms with van der Waals surface area (Å²) in [7, 11) is 0. The number of hydrogen-bond donors (Lipinski definition) is 1. The summed E-state index contributed by atoms with van der Waals surface area (Å²) in [5, 5.41) is 15.8. The molecule has 7 heteroatoms. The molecule has 0 saturated heterocycles. The lowest BCUT2D eigenvalue weighted by Crippen LogP contribution is -2.04. The van der Waals surface area contributed by atoms with Gasteiger partial charge >= 0.3 is 0 Å². The Bertz CT molecular complexity index is 943. The first kappa shape index (κ1) is 16.3. The van der Waals surface area contributed by atoms with Crippen molar-refractivity contribution in [2.75, 3.05) is 0 Å². The quantitative estimate of drug-likeness (QED) is 0.585. The monoisotopic (exact) mass is 340 g/mol. The second-order valence-electron chi connectivity index (χ2n) is 5.86. The molecule has 3 rings (SSSR count). The van der Waals surface area contributed by atoms with Gasteiger partial charge in [0.1, 0.15) is 5.82 Å². The Balaban J connectivity index is 1.89. The van der Waals surface area contributed by atoms with Crippen LogP contribution in [0, 0.1) is 32.5 Å². The smallest absolute Gasteiger partial charge is 0.216 e. The summed E-state index contributed by atoms with van der Waals surface area (Å²) in [5.74, 6) is 0.721. The summed E-state index contributed by atoms with van der Waals surface area (Å²) in [6.45, 7) is 8.72. The van der Waals surface area contributed by atoms with Crippen molar-refractivity contribution >= 4 is 18.4 Å². The van der Waals surface area contributed by atoms with E-state index in [4.69, 9.17) is 12.2 Å². The van der Waals surface area contributed by atoms with E-state index in [1.165, 1.54) is 11.1 Å². The molecular weight excluding hydrogens is 320 g/mol. The molecular formula is C17H20N6S. The Hall–Kier alpha value is -2.54. The molecule has 2 heterocycles. The van der Waals surface area contributed by atoms with E-state index in [2.05, 4.69) is 58.5 Å². The van der Waals surface area contributed by atoms with Crippen LogP contribution in [0.2, 0.25) is 0 Å².